The third kappa shape index (κ3) is 7.18. The number of nitrogens with one attached hydrogen (secondary N) is 1. The molecule has 11 heteroatoms. The van der Waals surface area contributed by atoms with Crippen LogP contribution in [0.25, 0.3) is 0 Å². The number of nitrogens with zero attached hydrogens (tertiary/aromatic N) is 4. The number of piperazine rings is 1. The van der Waals surface area contributed by atoms with Crippen LogP contribution in [0.3, 0.4) is 0 Å². The van der Waals surface area contributed by atoms with Crippen LogP contribution in [0.5, 0.6) is 0 Å². The molecule has 0 radical (unpaired) electrons. The molecule has 2 aromatic rings. The third-order valence-electron chi connectivity index (χ3n) is 7.64. The monoisotopic (exact) mass is 589 g/mol. The van der Waals surface area contributed by atoms with Gasteiger partial charge in [0.1, 0.15) is 18.0 Å². The molecule has 3 atom stereocenters. The van der Waals surface area contributed by atoms with Gasteiger partial charge >= 0.3 is 12.0 Å². The van der Waals surface area contributed by atoms with E-state index in [1.165, 1.54) is 27.1 Å². The summed E-state index contributed by atoms with van der Waals surface area (Å²) in [6, 6.07) is 13.5. The fourth-order valence-electron chi connectivity index (χ4n) is 5.60. The van der Waals surface area contributed by atoms with Gasteiger partial charge in [0.05, 0.1) is 19.5 Å². The maximum atomic E-state index is 13.9. The van der Waals surface area contributed by atoms with Gasteiger partial charge in [-0.05, 0) is 35.8 Å². The number of hydrogen-bond acceptors (Lipinski definition) is 5. The number of benzene rings is 2. The first-order valence-corrected chi connectivity index (χ1v) is 14.0. The normalized spacial score (nSPS) is 20.3. The van der Waals surface area contributed by atoms with Crippen LogP contribution in [0.4, 0.5) is 9.18 Å². The lowest BCUT2D eigenvalue weighted by Crippen LogP contribution is -2.76. The molecular weight excluding hydrogens is 553 g/mol. The van der Waals surface area contributed by atoms with E-state index in [2.05, 4.69) is 11.9 Å². The van der Waals surface area contributed by atoms with Crippen molar-refractivity contribution in [2.75, 3.05) is 26.7 Å². The number of hydrogen-bond donors (Lipinski definition) is 2. The Kier molecular flexibility index (Phi) is 10.1. The number of carboxylic acids is 1. The number of carbonyl (C=O) groups excluding carboxylic acids is 3. The minimum atomic E-state index is -1.29. The van der Waals surface area contributed by atoms with Crippen molar-refractivity contribution in [2.45, 2.75) is 38.0 Å². The Bertz CT molecular complexity index is 1410. The van der Waals surface area contributed by atoms with Gasteiger partial charge < -0.3 is 20.2 Å². The van der Waals surface area contributed by atoms with Crippen molar-refractivity contribution < 1.29 is 28.7 Å². The Balaban J connectivity index is 1.68. The Labute approximate surface area is 250 Å². The van der Waals surface area contributed by atoms with Crippen molar-refractivity contribution in [3.63, 3.8) is 0 Å². The van der Waals surface area contributed by atoms with E-state index < -0.39 is 48.3 Å². The zero-order valence-corrected chi connectivity index (χ0v) is 24.2. The smallest absolute Gasteiger partial charge is 0.334 e. The molecule has 0 aliphatic carbocycles. The summed E-state index contributed by atoms with van der Waals surface area (Å²) in [5, 5.41) is 15.3. The minimum Gasteiger partial charge on any atom is -0.481 e. The maximum Gasteiger partial charge on any atom is 0.334 e. The molecule has 0 saturated carbocycles. The molecule has 1 unspecified atom stereocenters. The summed E-state index contributed by atoms with van der Waals surface area (Å²) in [6.07, 6.45) is 5.77. The fourth-order valence-corrected chi connectivity index (χ4v) is 5.60. The number of halogens is 1. The summed E-state index contributed by atoms with van der Waals surface area (Å²) in [5.74, 6) is -2.85. The number of carbonyl (C=O) groups is 4. The van der Waals surface area contributed by atoms with Gasteiger partial charge in [0.15, 0.2) is 0 Å². The second kappa shape index (κ2) is 13.9. The maximum absolute atomic E-state index is 13.9. The molecule has 4 rings (SSSR count). The molecule has 2 aliphatic heterocycles. The van der Waals surface area contributed by atoms with Crippen LogP contribution in [0.2, 0.25) is 0 Å². The van der Waals surface area contributed by atoms with Crippen molar-refractivity contribution in [3.05, 3.63) is 108 Å². The lowest BCUT2D eigenvalue weighted by molar-refractivity contribution is -0.188. The molecule has 0 bridgehead atoms. The number of carboxylic acid groups (broad SMARTS) is 1. The SMILES string of the molecule is C=C/C=C\C(=C/C)C(CN1C[C@H]2N(C(=O)CN(C)N2C(=O)NCc2ccc(F)cc2)[C@@H](CC(=O)O)C1=O)c1ccccc1. The average Bonchev–Trinajstić information content (AvgIpc) is 2.98. The van der Waals surface area contributed by atoms with Crippen molar-refractivity contribution in [1.29, 1.82) is 0 Å². The van der Waals surface area contributed by atoms with E-state index in [-0.39, 0.29) is 32.1 Å². The van der Waals surface area contributed by atoms with Crippen molar-refractivity contribution in [1.82, 2.24) is 25.1 Å². The Hall–Kier alpha value is -4.77. The number of hydrazine groups is 1. The molecule has 226 valence electrons. The highest BCUT2D eigenvalue weighted by atomic mass is 19.1. The fraction of sp³-hybridized carbons (Fsp3) is 0.312. The molecular formula is C32H36FN5O5. The molecule has 2 fully saturated rings. The topological polar surface area (TPSA) is 114 Å². The van der Waals surface area contributed by atoms with E-state index in [4.69, 9.17) is 0 Å². The molecule has 10 nitrogen and oxygen atoms in total. The molecule has 0 aromatic heterocycles. The Morgan fingerprint density at radius 2 is 1.84 bits per heavy atom. The Morgan fingerprint density at radius 3 is 2.47 bits per heavy atom. The largest absolute Gasteiger partial charge is 0.481 e. The predicted molar refractivity (Wildman–Crippen MR) is 159 cm³/mol. The number of urea groups is 1. The molecule has 4 amide bonds. The van der Waals surface area contributed by atoms with E-state index in [1.807, 2.05) is 49.4 Å². The Morgan fingerprint density at radius 1 is 1.14 bits per heavy atom. The van der Waals surface area contributed by atoms with E-state index in [9.17, 15) is 28.7 Å². The summed E-state index contributed by atoms with van der Waals surface area (Å²) in [6.45, 7) is 5.69. The van der Waals surface area contributed by atoms with Gasteiger partial charge in [-0.15, -0.1) is 0 Å². The van der Waals surface area contributed by atoms with Crippen molar-refractivity contribution in [3.8, 4) is 0 Å². The third-order valence-corrected chi connectivity index (χ3v) is 7.64. The van der Waals surface area contributed by atoms with Crippen LogP contribution in [0.15, 0.2) is 91.1 Å². The van der Waals surface area contributed by atoms with Crippen LogP contribution in [0.1, 0.15) is 30.4 Å². The summed E-state index contributed by atoms with van der Waals surface area (Å²) in [7, 11) is 1.59. The molecule has 2 heterocycles. The standard InChI is InChI=1S/C32H36FN5O5/c1-4-6-10-23(5-2)26(24-11-8-7-9-12-24)19-36-20-28-37(27(31(36)42)17-30(40)41)29(39)21-35(3)38(28)32(43)34-18-22-13-15-25(33)16-14-22/h4-16,26-28H,1,17-21H2,2-3H3,(H,34,43)(H,40,41)/b10-6-,23-5+/t26?,27-,28-/m0/s1. The number of likely N-dealkylation sites (N-methyl/N-ethyl adjacent to an activating group) is 1. The van der Waals surface area contributed by atoms with Crippen LogP contribution >= 0.6 is 0 Å². The van der Waals surface area contributed by atoms with Crippen LogP contribution < -0.4 is 5.32 Å². The van der Waals surface area contributed by atoms with Crippen LogP contribution in [-0.2, 0) is 20.9 Å². The number of allylic oxidation sites excluding steroid dienone is 4. The summed E-state index contributed by atoms with van der Waals surface area (Å²) < 4.78 is 13.4. The quantitative estimate of drug-likeness (QED) is 0.410. The van der Waals surface area contributed by atoms with Crippen LogP contribution in [-0.4, -0.2) is 87.6 Å². The minimum absolute atomic E-state index is 0.0273. The molecule has 2 aromatic carbocycles. The second-order valence-corrected chi connectivity index (χ2v) is 10.4. The number of aliphatic carboxylic acids is 1. The number of amides is 4. The first-order valence-electron chi connectivity index (χ1n) is 14.0. The summed E-state index contributed by atoms with van der Waals surface area (Å²) in [5.41, 5.74) is 2.53. The van der Waals surface area contributed by atoms with Gasteiger partial charge in [-0.3, -0.25) is 14.4 Å². The first-order chi connectivity index (χ1) is 20.6. The highest BCUT2D eigenvalue weighted by Crippen LogP contribution is 2.32. The number of fused-ring (bicyclic) bond motifs is 1. The van der Waals surface area contributed by atoms with Gasteiger partial charge in [-0.25, -0.2) is 19.2 Å². The summed E-state index contributed by atoms with van der Waals surface area (Å²) >= 11 is 0. The van der Waals surface area contributed by atoms with Gasteiger partial charge in [0, 0.05) is 26.1 Å². The van der Waals surface area contributed by atoms with E-state index in [1.54, 1.807) is 36.2 Å². The summed E-state index contributed by atoms with van der Waals surface area (Å²) in [4.78, 5) is 55.4. The molecule has 2 saturated heterocycles. The predicted octanol–water partition coefficient (Wildman–Crippen LogP) is 3.51. The van der Waals surface area contributed by atoms with Gasteiger partial charge in [0.25, 0.3) is 0 Å². The van der Waals surface area contributed by atoms with Crippen molar-refractivity contribution in [2.24, 2.45) is 0 Å². The highest BCUT2D eigenvalue weighted by Gasteiger charge is 2.51. The van der Waals surface area contributed by atoms with E-state index >= 15 is 0 Å². The van der Waals surface area contributed by atoms with E-state index in [0.717, 1.165) is 11.1 Å². The van der Waals surface area contributed by atoms with Gasteiger partial charge in [-0.2, -0.15) is 0 Å². The molecule has 2 N–H and O–H groups in total. The van der Waals surface area contributed by atoms with Gasteiger partial charge in [0.2, 0.25) is 11.8 Å². The lowest BCUT2D eigenvalue weighted by atomic mass is 9.89. The van der Waals surface area contributed by atoms with E-state index in [0.29, 0.717) is 5.56 Å². The lowest BCUT2D eigenvalue weighted by Gasteiger charge is -2.54. The molecule has 43 heavy (non-hydrogen) atoms. The second-order valence-electron chi connectivity index (χ2n) is 10.4. The zero-order valence-electron chi connectivity index (χ0n) is 24.2. The first kappa shape index (κ1) is 31.2. The number of rotatable bonds is 10. The molecule has 2 aliphatic rings. The molecule has 0 spiro atoms. The van der Waals surface area contributed by atoms with Gasteiger partial charge in [-0.1, -0.05) is 73.3 Å². The van der Waals surface area contributed by atoms with Crippen LogP contribution in [0, 0.1) is 5.82 Å². The zero-order chi connectivity index (χ0) is 31.1. The highest BCUT2D eigenvalue weighted by molar-refractivity contribution is 5.93. The van der Waals surface area contributed by atoms with Crippen molar-refractivity contribution >= 4 is 23.8 Å². The average molecular weight is 590 g/mol.